The van der Waals surface area contributed by atoms with E-state index in [2.05, 4.69) is 10.1 Å². The van der Waals surface area contributed by atoms with Crippen LogP contribution in [-0.4, -0.2) is 45.6 Å². The summed E-state index contributed by atoms with van der Waals surface area (Å²) in [6.07, 6.45) is 0. The first-order chi connectivity index (χ1) is 6.03. The lowest BCUT2D eigenvalue weighted by atomic mass is 9.88. The molecule has 1 N–H and O–H groups in total. The highest BCUT2D eigenvalue weighted by Crippen LogP contribution is 2.43. The summed E-state index contributed by atoms with van der Waals surface area (Å²) in [7, 11) is -1.75. The third-order valence-electron chi connectivity index (χ3n) is 2.87. The van der Waals surface area contributed by atoms with Gasteiger partial charge in [0.05, 0.1) is 18.1 Å². The predicted molar refractivity (Wildman–Crippen MR) is 44.9 cm³/mol. The Morgan fingerprint density at radius 1 is 1.62 bits per heavy atom. The molecule has 0 aromatic rings. The third-order valence-corrected chi connectivity index (χ3v) is 5.27. The standard InChI is InChI=1S/C7H11NO4S/c1-12-6(9)7-3-8-2-5(7)13(10,11)4-7/h5,8H,2-4H2,1H3/t5-,7+/m0/s1. The first-order valence-electron chi connectivity index (χ1n) is 4.04. The van der Waals surface area contributed by atoms with Crippen LogP contribution in [0.2, 0.25) is 0 Å². The van der Waals surface area contributed by atoms with Crippen LogP contribution in [0.5, 0.6) is 0 Å². The monoisotopic (exact) mass is 205 g/mol. The van der Waals surface area contributed by atoms with E-state index in [9.17, 15) is 13.2 Å². The normalized spacial score (nSPS) is 40.5. The average Bonchev–Trinajstić information content (AvgIpc) is 2.43. The van der Waals surface area contributed by atoms with E-state index in [4.69, 9.17) is 0 Å². The number of hydrogen-bond acceptors (Lipinski definition) is 5. The minimum atomic E-state index is -3.04. The van der Waals surface area contributed by atoms with Gasteiger partial charge in [0.2, 0.25) is 0 Å². The maximum absolute atomic E-state index is 11.4. The molecule has 0 radical (unpaired) electrons. The number of nitrogens with one attached hydrogen (secondary N) is 1. The number of ether oxygens (including phenoxy) is 1. The van der Waals surface area contributed by atoms with Crippen molar-refractivity contribution in [1.29, 1.82) is 0 Å². The minimum absolute atomic E-state index is 0.0651. The highest BCUT2D eigenvalue weighted by atomic mass is 32.2. The smallest absolute Gasteiger partial charge is 0.315 e. The van der Waals surface area contributed by atoms with Gasteiger partial charge in [0, 0.05) is 13.1 Å². The van der Waals surface area contributed by atoms with Crippen LogP contribution in [0.4, 0.5) is 0 Å². The molecule has 0 bridgehead atoms. The zero-order valence-electron chi connectivity index (χ0n) is 7.24. The number of carbonyl (C=O) groups is 1. The van der Waals surface area contributed by atoms with E-state index in [-0.39, 0.29) is 5.75 Å². The molecule has 2 heterocycles. The van der Waals surface area contributed by atoms with Crippen LogP contribution in [0.15, 0.2) is 0 Å². The molecule has 0 unspecified atom stereocenters. The number of methoxy groups -OCH3 is 1. The number of fused-ring (bicyclic) bond motifs is 1. The van der Waals surface area contributed by atoms with Crippen molar-refractivity contribution in [3.05, 3.63) is 0 Å². The van der Waals surface area contributed by atoms with Gasteiger partial charge >= 0.3 is 5.97 Å². The molecule has 2 rings (SSSR count). The highest BCUT2D eigenvalue weighted by Gasteiger charge is 2.66. The average molecular weight is 205 g/mol. The quantitative estimate of drug-likeness (QED) is 0.530. The number of carbonyl (C=O) groups excluding carboxylic acids is 1. The van der Waals surface area contributed by atoms with Crippen molar-refractivity contribution in [3.63, 3.8) is 0 Å². The zero-order chi connectivity index (χ0) is 9.69. The Labute approximate surface area is 76.4 Å². The number of hydrogen-bond donors (Lipinski definition) is 1. The molecule has 0 aliphatic carbocycles. The van der Waals surface area contributed by atoms with Gasteiger partial charge in [-0.2, -0.15) is 0 Å². The topological polar surface area (TPSA) is 72.5 Å². The van der Waals surface area contributed by atoms with Gasteiger partial charge in [-0.1, -0.05) is 0 Å². The van der Waals surface area contributed by atoms with Crippen LogP contribution >= 0.6 is 0 Å². The fraction of sp³-hybridized carbons (Fsp3) is 0.857. The molecular weight excluding hydrogens is 194 g/mol. The molecule has 2 atom stereocenters. The van der Waals surface area contributed by atoms with Crippen molar-refractivity contribution in [2.75, 3.05) is 26.0 Å². The second-order valence-corrected chi connectivity index (χ2v) is 5.76. The van der Waals surface area contributed by atoms with Crippen molar-refractivity contribution >= 4 is 15.8 Å². The lowest BCUT2D eigenvalue weighted by Gasteiger charge is -2.40. The van der Waals surface area contributed by atoms with E-state index in [1.165, 1.54) is 7.11 Å². The molecule has 0 aromatic carbocycles. The lowest BCUT2D eigenvalue weighted by Crippen LogP contribution is -2.61. The molecule has 0 spiro atoms. The summed E-state index contributed by atoms with van der Waals surface area (Å²) in [5, 5.41) is 2.35. The lowest BCUT2D eigenvalue weighted by molar-refractivity contribution is -0.151. The van der Waals surface area contributed by atoms with E-state index < -0.39 is 26.5 Å². The summed E-state index contributed by atoms with van der Waals surface area (Å²) < 4.78 is 27.2. The second-order valence-electron chi connectivity index (χ2n) is 3.57. The Morgan fingerprint density at radius 2 is 2.31 bits per heavy atom. The molecule has 2 saturated heterocycles. The largest absolute Gasteiger partial charge is 0.468 e. The summed E-state index contributed by atoms with van der Waals surface area (Å²) in [6.45, 7) is 0.793. The van der Waals surface area contributed by atoms with E-state index in [0.717, 1.165) is 0 Å². The SMILES string of the molecule is COC(=O)[C@@]12CNC[C@@H]1S(=O)(=O)C2. The first-order valence-corrected chi connectivity index (χ1v) is 5.75. The fourth-order valence-corrected chi connectivity index (χ4v) is 4.54. The van der Waals surface area contributed by atoms with Crippen molar-refractivity contribution in [1.82, 2.24) is 5.32 Å². The first kappa shape index (κ1) is 8.96. The van der Waals surface area contributed by atoms with E-state index >= 15 is 0 Å². The van der Waals surface area contributed by atoms with Crippen LogP contribution in [-0.2, 0) is 19.4 Å². The molecule has 2 aliphatic rings. The van der Waals surface area contributed by atoms with E-state index in [1.54, 1.807) is 0 Å². The van der Waals surface area contributed by atoms with Crippen LogP contribution in [0, 0.1) is 5.41 Å². The number of sulfone groups is 1. The van der Waals surface area contributed by atoms with Crippen LogP contribution in [0.3, 0.4) is 0 Å². The van der Waals surface area contributed by atoms with Crippen LogP contribution < -0.4 is 5.32 Å². The number of rotatable bonds is 1. The fourth-order valence-electron chi connectivity index (χ4n) is 2.18. The molecular formula is C7H11NO4S. The maximum atomic E-state index is 11.4. The summed E-state index contributed by atoms with van der Waals surface area (Å²) >= 11 is 0. The Balaban J connectivity index is 2.32. The van der Waals surface area contributed by atoms with E-state index in [1.807, 2.05) is 0 Å². The van der Waals surface area contributed by atoms with Crippen molar-refractivity contribution in [2.45, 2.75) is 5.25 Å². The van der Waals surface area contributed by atoms with Gasteiger partial charge in [-0.05, 0) is 0 Å². The van der Waals surface area contributed by atoms with Crippen molar-refractivity contribution in [3.8, 4) is 0 Å². The highest BCUT2D eigenvalue weighted by molar-refractivity contribution is 7.93. The van der Waals surface area contributed by atoms with E-state index in [0.29, 0.717) is 13.1 Å². The third kappa shape index (κ3) is 0.955. The maximum Gasteiger partial charge on any atom is 0.315 e. The van der Waals surface area contributed by atoms with Gasteiger partial charge in [0.15, 0.2) is 9.84 Å². The van der Waals surface area contributed by atoms with Gasteiger partial charge in [-0.25, -0.2) is 8.42 Å². The number of esters is 1. The molecule has 0 saturated carbocycles. The molecule has 0 amide bonds. The van der Waals surface area contributed by atoms with Gasteiger partial charge in [0.1, 0.15) is 5.41 Å². The zero-order valence-corrected chi connectivity index (χ0v) is 8.06. The Bertz CT molecular complexity index is 350. The van der Waals surface area contributed by atoms with Crippen molar-refractivity contribution in [2.24, 2.45) is 5.41 Å². The molecule has 2 aliphatic heterocycles. The Morgan fingerprint density at radius 3 is 2.85 bits per heavy atom. The Hall–Kier alpha value is -0.620. The summed E-state index contributed by atoms with van der Waals surface area (Å²) in [4.78, 5) is 11.4. The summed E-state index contributed by atoms with van der Waals surface area (Å²) in [6, 6.07) is 0. The Kier molecular flexibility index (Phi) is 1.69. The van der Waals surface area contributed by atoms with Gasteiger partial charge in [-0.3, -0.25) is 4.79 Å². The van der Waals surface area contributed by atoms with Gasteiger partial charge in [0.25, 0.3) is 0 Å². The summed E-state index contributed by atoms with van der Waals surface area (Å²) in [5.41, 5.74) is -0.784. The van der Waals surface area contributed by atoms with Crippen molar-refractivity contribution < 1.29 is 17.9 Å². The molecule has 0 aromatic heterocycles. The van der Waals surface area contributed by atoms with Gasteiger partial charge in [-0.15, -0.1) is 0 Å². The molecule has 2 fully saturated rings. The van der Waals surface area contributed by atoms with Crippen LogP contribution in [0.1, 0.15) is 0 Å². The minimum Gasteiger partial charge on any atom is -0.468 e. The predicted octanol–water partition coefficient (Wildman–Crippen LogP) is -1.45. The van der Waals surface area contributed by atoms with Crippen LogP contribution in [0.25, 0.3) is 0 Å². The second kappa shape index (κ2) is 2.45. The summed E-state index contributed by atoms with van der Waals surface area (Å²) in [5.74, 6) is -0.470. The molecule has 13 heavy (non-hydrogen) atoms. The molecule has 5 nitrogen and oxygen atoms in total. The van der Waals surface area contributed by atoms with Gasteiger partial charge < -0.3 is 10.1 Å². The molecule has 74 valence electrons. The molecule has 6 heteroatoms.